The molecule has 3 heterocycles. The molecule has 0 unspecified atom stereocenters. The molecule has 1 aromatic rings. The molecule has 0 aliphatic carbocycles. The number of hydrogen-bond donors (Lipinski definition) is 2. The van der Waals surface area contributed by atoms with Crippen LogP contribution in [-0.2, 0) is 25.6 Å². The number of carbonyl (C=O) groups excluding carboxylic acids is 2. The Kier molecular flexibility index (Phi) is 6.73. The van der Waals surface area contributed by atoms with E-state index in [2.05, 4.69) is 25.4 Å². The Hall–Kier alpha value is -2.07. The zero-order valence-corrected chi connectivity index (χ0v) is 15.8. The third-order valence-electron chi connectivity index (χ3n) is 4.67. The molecule has 2 amide bonds. The largest absolute Gasteiger partial charge is 0.366 e. The number of likely N-dealkylation sites (N-methyl/N-ethyl adjacent to an activating group) is 2. The predicted octanol–water partition coefficient (Wildman–Crippen LogP) is -0.702. The van der Waals surface area contributed by atoms with Gasteiger partial charge in [0.2, 0.25) is 0 Å². The van der Waals surface area contributed by atoms with Crippen molar-refractivity contribution in [2.45, 2.75) is 18.8 Å². The Bertz CT molecular complexity index is 671. The van der Waals surface area contributed by atoms with Crippen LogP contribution >= 0.6 is 0 Å². The molecule has 2 atom stereocenters. The van der Waals surface area contributed by atoms with Crippen LogP contribution in [0.3, 0.4) is 0 Å². The molecule has 2 aliphatic heterocycles. The summed E-state index contributed by atoms with van der Waals surface area (Å²) in [4.78, 5) is 32.9. The molecule has 1 aromatic heterocycles. The van der Waals surface area contributed by atoms with Crippen molar-refractivity contribution in [1.29, 1.82) is 0 Å². The van der Waals surface area contributed by atoms with Crippen molar-refractivity contribution in [3.63, 3.8) is 0 Å². The van der Waals surface area contributed by atoms with Gasteiger partial charge in [0.05, 0.1) is 13.2 Å². The van der Waals surface area contributed by atoms with Crippen LogP contribution in [-0.4, -0.2) is 92.3 Å². The van der Waals surface area contributed by atoms with E-state index in [1.165, 1.54) is 0 Å². The molecule has 27 heavy (non-hydrogen) atoms. The van der Waals surface area contributed by atoms with E-state index >= 15 is 0 Å². The van der Waals surface area contributed by atoms with Gasteiger partial charge in [-0.3, -0.25) is 9.59 Å². The summed E-state index contributed by atoms with van der Waals surface area (Å²) in [5, 5.41) is 5.66. The molecule has 2 N–H and O–H groups in total. The number of hydrogen-bond acceptors (Lipinski definition) is 7. The Morgan fingerprint density at radius 2 is 1.74 bits per heavy atom. The second-order valence-electron chi connectivity index (χ2n) is 7.00. The maximum absolute atomic E-state index is 12.3. The Labute approximate surface area is 159 Å². The minimum Gasteiger partial charge on any atom is -0.366 e. The van der Waals surface area contributed by atoms with E-state index in [0.717, 1.165) is 18.7 Å². The summed E-state index contributed by atoms with van der Waals surface area (Å²) >= 11 is 0. The lowest BCUT2D eigenvalue weighted by atomic mass is 10.2. The quantitative estimate of drug-likeness (QED) is 0.700. The predicted molar refractivity (Wildman–Crippen MR) is 99.2 cm³/mol. The maximum Gasteiger partial charge on any atom is 0.255 e. The van der Waals surface area contributed by atoms with Crippen LogP contribution in [0.25, 0.3) is 0 Å². The van der Waals surface area contributed by atoms with Crippen LogP contribution < -0.4 is 10.6 Å². The van der Waals surface area contributed by atoms with Gasteiger partial charge < -0.3 is 29.9 Å². The highest BCUT2D eigenvalue weighted by molar-refractivity contribution is 5.93. The number of nitrogens with zero attached hydrogens (tertiary/aromatic N) is 3. The van der Waals surface area contributed by atoms with Crippen LogP contribution in [0.15, 0.2) is 18.3 Å². The van der Waals surface area contributed by atoms with Gasteiger partial charge in [-0.25, -0.2) is 4.98 Å². The Balaban J connectivity index is 1.51. The molecular weight excluding hydrogens is 350 g/mol. The van der Waals surface area contributed by atoms with E-state index in [9.17, 15) is 9.59 Å². The van der Waals surface area contributed by atoms with Crippen molar-refractivity contribution in [3.8, 4) is 0 Å². The van der Waals surface area contributed by atoms with Crippen molar-refractivity contribution < 1.29 is 19.1 Å². The lowest BCUT2D eigenvalue weighted by Gasteiger charge is -2.29. The van der Waals surface area contributed by atoms with Gasteiger partial charge in [0.15, 0.2) is 0 Å². The summed E-state index contributed by atoms with van der Waals surface area (Å²) in [5.74, 6) is 0.0914. The molecule has 148 valence electrons. The minimum atomic E-state index is -0.505. The number of anilines is 1. The van der Waals surface area contributed by atoms with Gasteiger partial charge in [0, 0.05) is 38.9 Å². The first-order valence-electron chi connectivity index (χ1n) is 9.15. The average molecular weight is 377 g/mol. The molecule has 2 fully saturated rings. The molecule has 9 heteroatoms. The van der Waals surface area contributed by atoms with Gasteiger partial charge in [-0.05, 0) is 31.8 Å². The summed E-state index contributed by atoms with van der Waals surface area (Å²) in [6.45, 7) is 4.22. The maximum atomic E-state index is 12.3. The van der Waals surface area contributed by atoms with E-state index in [1.807, 2.05) is 14.1 Å². The molecule has 3 rings (SSSR count). The van der Waals surface area contributed by atoms with Crippen LogP contribution in [0.2, 0.25) is 0 Å². The Morgan fingerprint density at radius 1 is 1.11 bits per heavy atom. The van der Waals surface area contributed by atoms with Crippen LogP contribution in [0.5, 0.6) is 0 Å². The first-order chi connectivity index (χ1) is 13.0. The molecule has 0 saturated carbocycles. The van der Waals surface area contributed by atoms with Crippen molar-refractivity contribution in [3.05, 3.63) is 23.9 Å². The highest BCUT2D eigenvalue weighted by Crippen LogP contribution is 2.10. The lowest BCUT2D eigenvalue weighted by Crippen LogP contribution is -2.48. The van der Waals surface area contributed by atoms with Crippen molar-refractivity contribution in [2.75, 3.05) is 58.8 Å². The van der Waals surface area contributed by atoms with Gasteiger partial charge >= 0.3 is 0 Å². The zero-order chi connectivity index (χ0) is 19.2. The monoisotopic (exact) mass is 377 g/mol. The fraction of sp³-hybridized carbons (Fsp3) is 0.611. The average Bonchev–Trinajstić information content (AvgIpc) is 2.66. The number of amides is 2. The standard InChI is InChI=1S/C18H27N5O4/c1-22-5-7-26-14(11-22)17(24)20-10-13-3-4-19-16(9-13)21-18(25)15-12-23(2)6-8-27-15/h3-4,9,14-15H,5-8,10-12H2,1-2H3,(H,20,24)(H,19,21,25)/t14-,15+/m0/s1. The van der Waals surface area contributed by atoms with Crippen LogP contribution in [0.1, 0.15) is 5.56 Å². The van der Waals surface area contributed by atoms with Gasteiger partial charge in [0.25, 0.3) is 11.8 Å². The highest BCUT2D eigenvalue weighted by Gasteiger charge is 2.26. The Morgan fingerprint density at radius 3 is 2.37 bits per heavy atom. The third kappa shape index (κ3) is 5.70. The van der Waals surface area contributed by atoms with E-state index in [-0.39, 0.29) is 11.8 Å². The lowest BCUT2D eigenvalue weighted by molar-refractivity contribution is -0.138. The topological polar surface area (TPSA) is 96.0 Å². The van der Waals surface area contributed by atoms with Gasteiger partial charge in [-0.1, -0.05) is 0 Å². The molecule has 0 aromatic carbocycles. The minimum absolute atomic E-state index is 0.136. The van der Waals surface area contributed by atoms with E-state index in [4.69, 9.17) is 9.47 Å². The van der Waals surface area contributed by atoms with E-state index in [1.54, 1.807) is 18.3 Å². The molecular formula is C18H27N5O4. The summed E-state index contributed by atoms with van der Waals surface area (Å²) < 4.78 is 11.0. The number of aromatic nitrogens is 1. The van der Waals surface area contributed by atoms with E-state index in [0.29, 0.717) is 38.7 Å². The van der Waals surface area contributed by atoms with Crippen molar-refractivity contribution >= 4 is 17.6 Å². The van der Waals surface area contributed by atoms with Gasteiger partial charge in [-0.15, -0.1) is 0 Å². The van der Waals surface area contributed by atoms with Gasteiger partial charge in [-0.2, -0.15) is 0 Å². The fourth-order valence-electron chi connectivity index (χ4n) is 3.04. The normalized spacial score (nSPS) is 24.4. The van der Waals surface area contributed by atoms with Gasteiger partial charge in [0.1, 0.15) is 18.0 Å². The van der Waals surface area contributed by atoms with Crippen molar-refractivity contribution in [2.24, 2.45) is 0 Å². The number of nitrogens with one attached hydrogen (secondary N) is 2. The molecule has 0 bridgehead atoms. The first-order valence-corrected chi connectivity index (χ1v) is 9.15. The molecule has 0 spiro atoms. The smallest absolute Gasteiger partial charge is 0.255 e. The van der Waals surface area contributed by atoms with Crippen LogP contribution in [0.4, 0.5) is 5.82 Å². The highest BCUT2D eigenvalue weighted by atomic mass is 16.5. The third-order valence-corrected chi connectivity index (χ3v) is 4.67. The number of morpholine rings is 2. The zero-order valence-electron chi connectivity index (χ0n) is 15.8. The fourth-order valence-corrected chi connectivity index (χ4v) is 3.04. The second kappa shape index (κ2) is 9.23. The molecule has 0 radical (unpaired) electrons. The number of ether oxygens (including phenoxy) is 2. The number of pyridine rings is 1. The second-order valence-corrected chi connectivity index (χ2v) is 7.00. The SMILES string of the molecule is CN1CCO[C@H](C(=O)NCc2ccnc(NC(=O)[C@H]3CN(C)CCO3)c2)C1. The summed E-state index contributed by atoms with van der Waals surface area (Å²) in [5.41, 5.74) is 0.847. The van der Waals surface area contributed by atoms with Crippen molar-refractivity contribution in [1.82, 2.24) is 20.1 Å². The molecule has 9 nitrogen and oxygen atoms in total. The summed E-state index contributed by atoms with van der Waals surface area (Å²) in [7, 11) is 3.92. The number of carbonyl (C=O) groups is 2. The first kappa shape index (κ1) is 19.7. The molecule has 2 aliphatic rings. The molecule has 2 saturated heterocycles. The summed E-state index contributed by atoms with van der Waals surface area (Å²) in [6, 6.07) is 3.55. The summed E-state index contributed by atoms with van der Waals surface area (Å²) in [6.07, 6.45) is 0.648. The number of rotatable bonds is 5. The van der Waals surface area contributed by atoms with Crippen LogP contribution in [0, 0.1) is 0 Å². The van der Waals surface area contributed by atoms with E-state index < -0.39 is 12.2 Å².